The number of benzene rings is 1. The molecule has 2 heterocycles. The number of nitrogens with zero attached hydrogens (tertiary/aromatic N) is 3. The first-order valence-electron chi connectivity index (χ1n) is 10.6. The molecule has 0 bridgehead atoms. The van der Waals surface area contributed by atoms with Gasteiger partial charge >= 0.3 is 0 Å². The van der Waals surface area contributed by atoms with Crippen LogP contribution in [0.4, 0.5) is 5.69 Å². The van der Waals surface area contributed by atoms with Crippen LogP contribution in [-0.4, -0.2) is 64.0 Å². The minimum absolute atomic E-state index is 0.727. The molecular formula is C22H36N4O2. The summed E-state index contributed by atoms with van der Waals surface area (Å²) in [6.07, 6.45) is 4.74. The highest BCUT2D eigenvalue weighted by Gasteiger charge is 2.20. The fraction of sp³-hybridized carbons (Fsp3) is 0.682. The second kappa shape index (κ2) is 10.2. The second-order valence-electron chi connectivity index (χ2n) is 8.16. The number of anilines is 1. The molecule has 28 heavy (non-hydrogen) atoms. The lowest BCUT2D eigenvalue weighted by Gasteiger charge is -2.24. The molecule has 0 radical (unpaired) electrons. The number of piperidine rings is 1. The summed E-state index contributed by atoms with van der Waals surface area (Å²) in [7, 11) is 6.31. The van der Waals surface area contributed by atoms with Gasteiger partial charge in [-0.1, -0.05) is 5.16 Å². The fourth-order valence-corrected chi connectivity index (χ4v) is 4.08. The van der Waals surface area contributed by atoms with Crippen LogP contribution in [0.15, 0.2) is 16.7 Å². The number of hydrogen-bond donors (Lipinski definition) is 1. The first kappa shape index (κ1) is 21.1. The van der Waals surface area contributed by atoms with Gasteiger partial charge in [0.05, 0.1) is 12.3 Å². The average Bonchev–Trinajstić information content (AvgIpc) is 3.11. The number of fused-ring (bicyclic) bond motifs is 1. The maximum Gasteiger partial charge on any atom is 0.173 e. The van der Waals surface area contributed by atoms with Crippen molar-refractivity contribution in [2.24, 2.45) is 5.92 Å². The minimum Gasteiger partial charge on any atom is -0.380 e. The van der Waals surface area contributed by atoms with Gasteiger partial charge < -0.3 is 24.4 Å². The van der Waals surface area contributed by atoms with Crippen LogP contribution in [0.3, 0.4) is 0 Å². The summed E-state index contributed by atoms with van der Waals surface area (Å²) < 4.78 is 11.4. The van der Waals surface area contributed by atoms with E-state index in [0.717, 1.165) is 63.0 Å². The standard InChI is InChI=1S/C22H36N4O2/c1-5-27-15-14-26(4)21-9-7-18-20(8-6-17-10-12-23-13-11-17)24-28-22(18)19(21)16-25(2)3/h7,9,17,23H,5-6,8,10-16H2,1-4H3. The van der Waals surface area contributed by atoms with E-state index in [4.69, 9.17) is 9.26 Å². The third kappa shape index (κ3) is 5.25. The van der Waals surface area contributed by atoms with Gasteiger partial charge in [0.15, 0.2) is 5.58 Å². The van der Waals surface area contributed by atoms with Crippen molar-refractivity contribution in [2.75, 3.05) is 58.9 Å². The van der Waals surface area contributed by atoms with Crippen molar-refractivity contribution in [3.63, 3.8) is 0 Å². The van der Waals surface area contributed by atoms with Crippen LogP contribution in [0.5, 0.6) is 0 Å². The van der Waals surface area contributed by atoms with Crippen LogP contribution in [0.25, 0.3) is 11.0 Å². The Hall–Kier alpha value is -1.63. The van der Waals surface area contributed by atoms with Crippen molar-refractivity contribution < 1.29 is 9.26 Å². The smallest absolute Gasteiger partial charge is 0.173 e. The zero-order chi connectivity index (χ0) is 19.9. The summed E-state index contributed by atoms with van der Waals surface area (Å²) >= 11 is 0. The van der Waals surface area contributed by atoms with Crippen LogP contribution in [0.1, 0.15) is 37.4 Å². The summed E-state index contributed by atoms with van der Waals surface area (Å²) in [6.45, 7) is 7.49. The van der Waals surface area contributed by atoms with E-state index in [2.05, 4.69) is 53.5 Å². The monoisotopic (exact) mass is 388 g/mol. The van der Waals surface area contributed by atoms with Crippen LogP contribution >= 0.6 is 0 Å². The molecule has 0 amide bonds. The van der Waals surface area contributed by atoms with Crippen molar-refractivity contribution in [2.45, 2.75) is 39.2 Å². The Bertz CT molecular complexity index is 737. The normalized spacial score (nSPS) is 15.6. The summed E-state index contributed by atoms with van der Waals surface area (Å²) in [5, 5.41) is 9.09. The third-order valence-corrected chi connectivity index (χ3v) is 5.70. The number of likely N-dealkylation sites (N-methyl/N-ethyl adjacent to an activating group) is 1. The number of ether oxygens (including phenoxy) is 1. The molecule has 2 aromatic rings. The summed E-state index contributed by atoms with van der Waals surface area (Å²) in [5.74, 6) is 0.804. The van der Waals surface area contributed by atoms with Gasteiger partial charge in [0.2, 0.25) is 0 Å². The maximum atomic E-state index is 5.89. The zero-order valence-electron chi connectivity index (χ0n) is 18.0. The predicted octanol–water partition coefficient (Wildman–Crippen LogP) is 3.29. The number of nitrogens with one attached hydrogen (secondary N) is 1. The van der Waals surface area contributed by atoms with Crippen LogP contribution in [0, 0.1) is 5.92 Å². The highest BCUT2D eigenvalue weighted by atomic mass is 16.5. The highest BCUT2D eigenvalue weighted by molar-refractivity contribution is 5.87. The van der Waals surface area contributed by atoms with E-state index in [-0.39, 0.29) is 0 Å². The molecule has 1 N–H and O–H groups in total. The van der Waals surface area contributed by atoms with Gasteiger partial charge in [0.25, 0.3) is 0 Å². The average molecular weight is 389 g/mol. The van der Waals surface area contributed by atoms with Gasteiger partial charge in [-0.3, -0.25) is 0 Å². The molecule has 0 spiro atoms. The SMILES string of the molecule is CCOCCN(C)c1ccc2c(CCC3CCNCC3)noc2c1CN(C)C. The van der Waals surface area contributed by atoms with E-state index in [1.807, 2.05) is 6.92 Å². The molecule has 0 saturated carbocycles. The molecule has 1 aliphatic heterocycles. The Morgan fingerprint density at radius 3 is 2.71 bits per heavy atom. The molecule has 1 saturated heterocycles. The van der Waals surface area contributed by atoms with E-state index >= 15 is 0 Å². The van der Waals surface area contributed by atoms with Crippen LogP contribution in [0.2, 0.25) is 0 Å². The van der Waals surface area contributed by atoms with Crippen molar-refractivity contribution >= 4 is 16.7 Å². The van der Waals surface area contributed by atoms with Gasteiger partial charge in [-0.2, -0.15) is 0 Å². The maximum absolute atomic E-state index is 5.89. The first-order chi connectivity index (χ1) is 13.6. The van der Waals surface area contributed by atoms with E-state index in [9.17, 15) is 0 Å². The molecule has 6 nitrogen and oxygen atoms in total. The van der Waals surface area contributed by atoms with E-state index in [1.54, 1.807) is 0 Å². The first-order valence-corrected chi connectivity index (χ1v) is 10.6. The molecule has 156 valence electrons. The van der Waals surface area contributed by atoms with Crippen molar-refractivity contribution in [3.05, 3.63) is 23.4 Å². The lowest BCUT2D eigenvalue weighted by molar-refractivity contribution is 0.154. The molecule has 0 atom stereocenters. The third-order valence-electron chi connectivity index (χ3n) is 5.70. The van der Waals surface area contributed by atoms with E-state index in [0.29, 0.717) is 0 Å². The Morgan fingerprint density at radius 1 is 1.21 bits per heavy atom. The topological polar surface area (TPSA) is 53.8 Å². The lowest BCUT2D eigenvalue weighted by Crippen LogP contribution is -2.27. The minimum atomic E-state index is 0.727. The van der Waals surface area contributed by atoms with Crippen LogP contribution in [-0.2, 0) is 17.7 Å². The van der Waals surface area contributed by atoms with Gasteiger partial charge in [-0.15, -0.1) is 0 Å². The van der Waals surface area contributed by atoms with Crippen LogP contribution < -0.4 is 10.2 Å². The molecule has 1 aromatic carbocycles. The summed E-state index contributed by atoms with van der Waals surface area (Å²) in [6, 6.07) is 4.41. The van der Waals surface area contributed by atoms with E-state index < -0.39 is 0 Å². The summed E-state index contributed by atoms with van der Waals surface area (Å²) in [5.41, 5.74) is 4.45. The Labute approximate surface area is 169 Å². The van der Waals surface area contributed by atoms with Crippen molar-refractivity contribution in [1.29, 1.82) is 0 Å². The Kier molecular flexibility index (Phi) is 7.71. The van der Waals surface area contributed by atoms with Gasteiger partial charge in [-0.25, -0.2) is 0 Å². The Balaban J connectivity index is 1.81. The second-order valence-corrected chi connectivity index (χ2v) is 8.16. The zero-order valence-corrected chi connectivity index (χ0v) is 18.0. The predicted molar refractivity (Wildman–Crippen MR) is 115 cm³/mol. The molecule has 1 fully saturated rings. The fourth-order valence-electron chi connectivity index (χ4n) is 4.08. The summed E-state index contributed by atoms with van der Waals surface area (Å²) in [4.78, 5) is 4.44. The van der Waals surface area contributed by atoms with Crippen molar-refractivity contribution in [3.8, 4) is 0 Å². The molecule has 1 aromatic heterocycles. The lowest BCUT2D eigenvalue weighted by atomic mass is 9.92. The largest absolute Gasteiger partial charge is 0.380 e. The van der Waals surface area contributed by atoms with Gasteiger partial charge in [0, 0.05) is 43.4 Å². The van der Waals surface area contributed by atoms with E-state index in [1.165, 1.54) is 35.9 Å². The number of hydrogen-bond acceptors (Lipinski definition) is 6. The molecule has 0 unspecified atom stereocenters. The highest BCUT2D eigenvalue weighted by Crippen LogP contribution is 2.32. The number of aryl methyl sites for hydroxylation is 1. The van der Waals surface area contributed by atoms with Gasteiger partial charge in [0.1, 0.15) is 0 Å². The number of rotatable bonds is 10. The number of aromatic nitrogens is 1. The van der Waals surface area contributed by atoms with Gasteiger partial charge in [-0.05, 0) is 77.8 Å². The molecule has 3 rings (SSSR count). The Morgan fingerprint density at radius 2 is 2.00 bits per heavy atom. The quantitative estimate of drug-likeness (QED) is 0.631. The molecular weight excluding hydrogens is 352 g/mol. The molecule has 0 aliphatic carbocycles. The van der Waals surface area contributed by atoms with Crippen molar-refractivity contribution in [1.82, 2.24) is 15.4 Å². The molecule has 1 aliphatic rings. The molecule has 6 heteroatoms.